The largest absolute Gasteiger partial charge is 0.401 e. The van der Waals surface area contributed by atoms with Crippen molar-refractivity contribution >= 4 is 50.1 Å². The molecule has 1 aromatic heterocycles. The number of sulfone groups is 1. The quantitative estimate of drug-likeness (QED) is 0.347. The Kier molecular flexibility index (Phi) is 9.80. The SMILES string of the molecule is CS(=O)(=O)c1cccc(-c2ccc(C(C=C(N)CN3CCN(CC(=O)N4CCCC4)CC3)=Nc3ccccc3Cl)s2)c1. The van der Waals surface area contributed by atoms with Crippen molar-refractivity contribution in [2.45, 2.75) is 17.7 Å². The Morgan fingerprint density at radius 1 is 0.952 bits per heavy atom. The third-order valence-corrected chi connectivity index (χ3v) is 10.1. The maximum atomic E-state index is 12.5. The van der Waals surface area contributed by atoms with Crippen LogP contribution in [0.4, 0.5) is 5.69 Å². The molecule has 2 aliphatic rings. The van der Waals surface area contributed by atoms with Gasteiger partial charge in [0, 0.05) is 62.6 Å². The predicted molar refractivity (Wildman–Crippen MR) is 171 cm³/mol. The van der Waals surface area contributed by atoms with Gasteiger partial charge in [0.05, 0.1) is 32.7 Å². The first-order chi connectivity index (χ1) is 20.2. The van der Waals surface area contributed by atoms with E-state index in [0.29, 0.717) is 35.2 Å². The first-order valence-corrected chi connectivity index (χ1v) is 17.2. The van der Waals surface area contributed by atoms with Crippen molar-refractivity contribution in [3.63, 3.8) is 0 Å². The number of carbonyl (C=O) groups is 1. The summed E-state index contributed by atoms with van der Waals surface area (Å²) in [6.07, 6.45) is 5.32. The summed E-state index contributed by atoms with van der Waals surface area (Å²) in [4.78, 5) is 26.0. The van der Waals surface area contributed by atoms with E-state index in [-0.39, 0.29) is 10.8 Å². The van der Waals surface area contributed by atoms with Gasteiger partial charge < -0.3 is 10.6 Å². The zero-order valence-electron chi connectivity index (χ0n) is 23.7. The first kappa shape index (κ1) is 30.4. The van der Waals surface area contributed by atoms with Crippen molar-refractivity contribution in [2.24, 2.45) is 10.7 Å². The highest BCUT2D eigenvalue weighted by molar-refractivity contribution is 7.90. The van der Waals surface area contributed by atoms with Crippen LogP contribution in [0, 0.1) is 0 Å². The fourth-order valence-electron chi connectivity index (χ4n) is 5.18. The summed E-state index contributed by atoms with van der Waals surface area (Å²) >= 11 is 7.97. The minimum absolute atomic E-state index is 0.235. The molecule has 2 N–H and O–H groups in total. The fourth-order valence-corrected chi connectivity index (χ4v) is 6.99. The summed E-state index contributed by atoms with van der Waals surface area (Å²) in [5.41, 5.74) is 9.42. The van der Waals surface area contributed by atoms with Gasteiger partial charge in [0.1, 0.15) is 0 Å². The number of aliphatic imine (C=N–C) groups is 1. The Hall–Kier alpha value is -3.02. The van der Waals surface area contributed by atoms with E-state index in [1.165, 1.54) is 17.6 Å². The summed E-state index contributed by atoms with van der Waals surface area (Å²) in [5, 5.41) is 0.541. The number of nitrogens with two attached hydrogens (primary N) is 1. The lowest BCUT2D eigenvalue weighted by molar-refractivity contribution is -0.131. The summed E-state index contributed by atoms with van der Waals surface area (Å²) < 4.78 is 24.2. The van der Waals surface area contributed by atoms with E-state index in [0.717, 1.165) is 67.4 Å². The van der Waals surface area contributed by atoms with Crippen molar-refractivity contribution in [1.82, 2.24) is 14.7 Å². The summed E-state index contributed by atoms with van der Waals surface area (Å²) in [6, 6.07) is 18.3. The topological polar surface area (TPSA) is 99.3 Å². The number of allylic oxidation sites excluding steroid dienone is 1. The Bertz CT molecular complexity index is 1590. The van der Waals surface area contributed by atoms with E-state index < -0.39 is 9.84 Å². The molecule has 3 aromatic rings. The molecule has 0 unspecified atom stereocenters. The normalized spacial score (nSPS) is 17.6. The average molecular weight is 626 g/mol. The van der Waals surface area contributed by atoms with Crippen molar-refractivity contribution in [1.29, 1.82) is 0 Å². The van der Waals surface area contributed by atoms with Crippen LogP contribution in [0.5, 0.6) is 0 Å². The molecule has 1 amide bonds. The van der Waals surface area contributed by atoms with Crippen LogP contribution < -0.4 is 5.73 Å². The Balaban J connectivity index is 1.31. The first-order valence-electron chi connectivity index (χ1n) is 14.1. The predicted octanol–water partition coefficient (Wildman–Crippen LogP) is 4.68. The van der Waals surface area contributed by atoms with Crippen LogP contribution in [0.2, 0.25) is 5.02 Å². The minimum Gasteiger partial charge on any atom is -0.401 e. The molecule has 0 atom stereocenters. The Morgan fingerprint density at radius 3 is 2.33 bits per heavy atom. The Labute approximate surface area is 257 Å². The molecule has 2 fully saturated rings. The molecule has 42 heavy (non-hydrogen) atoms. The number of carbonyl (C=O) groups excluding carboxylic acids is 1. The molecule has 0 bridgehead atoms. The monoisotopic (exact) mass is 625 g/mol. The molecular weight excluding hydrogens is 590 g/mol. The number of halogens is 1. The number of para-hydroxylation sites is 1. The minimum atomic E-state index is -3.32. The number of thiophene rings is 1. The van der Waals surface area contributed by atoms with E-state index in [1.54, 1.807) is 24.3 Å². The van der Waals surface area contributed by atoms with E-state index >= 15 is 0 Å². The number of amides is 1. The van der Waals surface area contributed by atoms with Crippen LogP contribution in [0.25, 0.3) is 10.4 Å². The van der Waals surface area contributed by atoms with Crippen molar-refractivity contribution in [2.75, 3.05) is 58.6 Å². The number of hydrogen-bond donors (Lipinski definition) is 1. The molecule has 3 heterocycles. The van der Waals surface area contributed by atoms with E-state index in [9.17, 15) is 13.2 Å². The van der Waals surface area contributed by atoms with Crippen LogP contribution in [0.3, 0.4) is 0 Å². The van der Waals surface area contributed by atoms with Gasteiger partial charge in [-0.2, -0.15) is 0 Å². The molecule has 2 aliphatic heterocycles. The third-order valence-electron chi connectivity index (χ3n) is 7.51. The number of hydrogen-bond acceptors (Lipinski definition) is 8. The lowest BCUT2D eigenvalue weighted by Crippen LogP contribution is -2.50. The van der Waals surface area contributed by atoms with Gasteiger partial charge >= 0.3 is 0 Å². The smallest absolute Gasteiger partial charge is 0.236 e. The van der Waals surface area contributed by atoms with Crippen LogP contribution in [-0.4, -0.2) is 93.4 Å². The molecule has 222 valence electrons. The number of likely N-dealkylation sites (tertiary alicyclic amines) is 1. The lowest BCUT2D eigenvalue weighted by atomic mass is 10.2. The highest BCUT2D eigenvalue weighted by Crippen LogP contribution is 2.32. The molecule has 11 heteroatoms. The van der Waals surface area contributed by atoms with E-state index in [4.69, 9.17) is 22.3 Å². The van der Waals surface area contributed by atoms with Gasteiger partial charge in [-0.05, 0) is 60.9 Å². The molecule has 0 radical (unpaired) electrons. The van der Waals surface area contributed by atoms with Crippen LogP contribution >= 0.6 is 22.9 Å². The highest BCUT2D eigenvalue weighted by Gasteiger charge is 2.23. The number of benzene rings is 2. The van der Waals surface area contributed by atoms with Crippen molar-refractivity contribution in [3.8, 4) is 10.4 Å². The molecule has 5 rings (SSSR count). The van der Waals surface area contributed by atoms with Gasteiger partial charge in [0.15, 0.2) is 9.84 Å². The molecule has 8 nitrogen and oxygen atoms in total. The van der Waals surface area contributed by atoms with Crippen LogP contribution in [-0.2, 0) is 14.6 Å². The molecule has 0 aliphatic carbocycles. The van der Waals surface area contributed by atoms with Gasteiger partial charge in [-0.1, -0.05) is 35.9 Å². The van der Waals surface area contributed by atoms with Gasteiger partial charge in [-0.25, -0.2) is 13.4 Å². The van der Waals surface area contributed by atoms with E-state index in [2.05, 4.69) is 9.80 Å². The lowest BCUT2D eigenvalue weighted by Gasteiger charge is -2.35. The maximum absolute atomic E-state index is 12.5. The Morgan fingerprint density at radius 2 is 1.64 bits per heavy atom. The van der Waals surface area contributed by atoms with E-state index in [1.807, 2.05) is 47.4 Å². The zero-order chi connectivity index (χ0) is 29.7. The van der Waals surface area contributed by atoms with Gasteiger partial charge in [-0.15, -0.1) is 11.3 Å². The molecule has 0 saturated carbocycles. The average Bonchev–Trinajstić information content (AvgIpc) is 3.68. The number of piperazine rings is 1. The molecule has 2 aromatic carbocycles. The van der Waals surface area contributed by atoms with Crippen LogP contribution in [0.1, 0.15) is 17.7 Å². The fraction of sp³-hybridized carbons (Fsp3) is 0.355. The van der Waals surface area contributed by atoms with Gasteiger partial charge in [-0.3, -0.25) is 14.6 Å². The number of nitrogens with zero attached hydrogens (tertiary/aromatic N) is 4. The molecule has 2 saturated heterocycles. The second kappa shape index (κ2) is 13.5. The highest BCUT2D eigenvalue weighted by atomic mass is 35.5. The second-order valence-electron chi connectivity index (χ2n) is 10.8. The second-order valence-corrected chi connectivity index (χ2v) is 14.3. The molecular formula is C31H36ClN5O3S2. The van der Waals surface area contributed by atoms with Gasteiger partial charge in [0.25, 0.3) is 0 Å². The standard InChI is InChI=1S/C31H36ClN5O3S2/c1-42(39,40)25-8-6-7-23(19-25)29-11-12-30(41-29)28(34-27-10-3-2-9-26(27)32)20-24(33)21-35-15-17-36(18-16-35)22-31(38)37-13-4-5-14-37/h2-3,6-12,19-20H,4-5,13-18,21-22,33H2,1H3. The summed E-state index contributed by atoms with van der Waals surface area (Å²) in [5.74, 6) is 0.235. The van der Waals surface area contributed by atoms with Crippen molar-refractivity contribution < 1.29 is 13.2 Å². The van der Waals surface area contributed by atoms with Crippen molar-refractivity contribution in [3.05, 3.63) is 82.3 Å². The summed E-state index contributed by atoms with van der Waals surface area (Å²) in [6.45, 7) is 6.17. The van der Waals surface area contributed by atoms with Crippen LogP contribution in [0.15, 0.2) is 82.3 Å². The van der Waals surface area contributed by atoms with Gasteiger partial charge in [0.2, 0.25) is 5.91 Å². The third kappa shape index (κ3) is 7.87. The number of rotatable bonds is 9. The summed E-state index contributed by atoms with van der Waals surface area (Å²) in [7, 11) is -3.32. The zero-order valence-corrected chi connectivity index (χ0v) is 26.1. The molecule has 0 spiro atoms. The maximum Gasteiger partial charge on any atom is 0.236 e.